The van der Waals surface area contributed by atoms with Crippen molar-refractivity contribution in [3.05, 3.63) is 47.7 Å². The minimum Gasteiger partial charge on any atom is -0.490 e. The topological polar surface area (TPSA) is 212 Å². The first-order valence-electron chi connectivity index (χ1n) is 12.3. The number of carbonyl (C=O) groups is 2. The molecular weight excluding hydrogens is 574 g/mol. The number of nitrogen functional groups attached to an aromatic ring is 1. The van der Waals surface area contributed by atoms with Crippen LogP contribution in [0.25, 0.3) is 11.1 Å². The number of ether oxygens (including phenoxy) is 1. The van der Waals surface area contributed by atoms with Gasteiger partial charge in [-0.25, -0.2) is 15.0 Å². The van der Waals surface area contributed by atoms with E-state index in [0.29, 0.717) is 24.8 Å². The van der Waals surface area contributed by atoms with Crippen LogP contribution in [0.15, 0.2) is 47.2 Å². The van der Waals surface area contributed by atoms with Crippen LogP contribution >= 0.6 is 23.7 Å². The number of carbonyl (C=O) groups excluding carboxylic acids is 2. The van der Waals surface area contributed by atoms with Gasteiger partial charge in [-0.05, 0) is 31.5 Å². The molecule has 15 nitrogen and oxygen atoms in total. The third-order valence-electron chi connectivity index (χ3n) is 5.91. The predicted octanol–water partition coefficient (Wildman–Crippen LogP) is 1.51. The third-order valence-corrected chi connectivity index (χ3v) is 6.80. The molecule has 0 bridgehead atoms. The zero-order valence-electron chi connectivity index (χ0n) is 22.1. The maximum absolute atomic E-state index is 13.0. The maximum Gasteiger partial charge on any atom is 0.276 e. The van der Waals surface area contributed by atoms with Crippen molar-refractivity contribution in [3.63, 3.8) is 0 Å². The van der Waals surface area contributed by atoms with Gasteiger partial charge in [-0.1, -0.05) is 17.3 Å². The molecule has 41 heavy (non-hydrogen) atoms. The lowest BCUT2D eigenvalue weighted by atomic mass is 9.84. The quantitative estimate of drug-likeness (QED) is 0.0582. The molecule has 1 saturated heterocycles. The van der Waals surface area contributed by atoms with Crippen LogP contribution in [-0.2, 0) is 18.7 Å². The Balaban J connectivity index is 1.31. The standard InChI is InChI=1S/C24H29N9O6S2/c1-24(2)19(21(35)33(24)39-41-36)31-20(34)18(17-13-40-22(26)30-17)32-38-10-9-37-16-5-3-14(4-6-16)15-11-28-23(29-12-15)27-8-7-25/h3-6,11-13,19,36H,7-10,25H2,1-2H3,(H2,26,30)(H,31,34)(H,27,28,29)/b32-18-. The van der Waals surface area contributed by atoms with Crippen LogP contribution < -0.4 is 26.8 Å². The fraction of sp³-hybridized carbons (Fsp3) is 0.333. The molecule has 3 heterocycles. The number of hydrogen-bond donors (Lipinski definition) is 5. The Morgan fingerprint density at radius 3 is 2.56 bits per heavy atom. The van der Waals surface area contributed by atoms with Crippen LogP contribution in [0.1, 0.15) is 19.5 Å². The molecule has 1 fully saturated rings. The Morgan fingerprint density at radius 1 is 1.22 bits per heavy atom. The second-order valence-electron chi connectivity index (χ2n) is 9.07. The first-order valence-corrected chi connectivity index (χ1v) is 13.9. The van der Waals surface area contributed by atoms with Gasteiger partial charge in [0.25, 0.3) is 11.8 Å². The number of oxime groups is 1. The van der Waals surface area contributed by atoms with Crippen LogP contribution in [0.5, 0.6) is 5.75 Å². The predicted molar refractivity (Wildman–Crippen MR) is 154 cm³/mol. The van der Waals surface area contributed by atoms with E-state index in [0.717, 1.165) is 27.5 Å². The van der Waals surface area contributed by atoms with Crippen molar-refractivity contribution in [2.45, 2.75) is 25.4 Å². The smallest absolute Gasteiger partial charge is 0.276 e. The van der Waals surface area contributed by atoms with Crippen LogP contribution in [0, 0.1) is 0 Å². The van der Waals surface area contributed by atoms with Crippen molar-refractivity contribution in [1.82, 2.24) is 25.3 Å². The van der Waals surface area contributed by atoms with Crippen molar-refractivity contribution in [1.29, 1.82) is 0 Å². The normalized spacial score (nSPS) is 16.2. The highest BCUT2D eigenvalue weighted by molar-refractivity contribution is 7.88. The lowest BCUT2D eigenvalue weighted by molar-refractivity contribution is -0.214. The molecule has 1 aromatic carbocycles. The SMILES string of the molecule is CC1(C)C(NC(=O)/C(=N\OCCOc2ccc(-c3cnc(NCCN)nc3)cc2)c2csc(N)n2)C(=O)N1OSO. The summed E-state index contributed by atoms with van der Waals surface area (Å²) in [5.41, 5.74) is 12.1. The summed E-state index contributed by atoms with van der Waals surface area (Å²) in [4.78, 5) is 43.4. The number of nitrogens with two attached hydrogens (primary N) is 2. The Hall–Kier alpha value is -4.03. The minimum atomic E-state index is -0.924. The van der Waals surface area contributed by atoms with E-state index in [2.05, 4.69) is 30.7 Å². The maximum atomic E-state index is 13.0. The lowest BCUT2D eigenvalue weighted by Gasteiger charge is -2.50. The molecule has 218 valence electrons. The summed E-state index contributed by atoms with van der Waals surface area (Å²) < 4.78 is 19.4. The number of benzene rings is 1. The monoisotopic (exact) mass is 603 g/mol. The number of amides is 2. The zero-order chi connectivity index (χ0) is 29.4. The molecule has 1 unspecified atom stereocenters. The minimum absolute atomic E-state index is 0.0203. The van der Waals surface area contributed by atoms with Crippen molar-refractivity contribution < 1.29 is 28.0 Å². The second kappa shape index (κ2) is 13.6. The Labute approximate surface area is 243 Å². The first-order chi connectivity index (χ1) is 19.7. The van der Waals surface area contributed by atoms with Crippen LogP contribution in [0.2, 0.25) is 0 Å². The Morgan fingerprint density at radius 2 is 1.95 bits per heavy atom. The summed E-state index contributed by atoms with van der Waals surface area (Å²) >= 11 is 1.16. The molecule has 17 heteroatoms. The average Bonchev–Trinajstić information content (AvgIpc) is 3.41. The number of rotatable bonds is 14. The van der Waals surface area contributed by atoms with E-state index in [-0.39, 0.29) is 42.1 Å². The van der Waals surface area contributed by atoms with Gasteiger partial charge in [-0.15, -0.1) is 11.3 Å². The summed E-state index contributed by atoms with van der Waals surface area (Å²) in [6.07, 6.45) is 3.44. The number of anilines is 2. The van der Waals surface area contributed by atoms with Gasteiger partial charge in [0.1, 0.15) is 24.1 Å². The summed E-state index contributed by atoms with van der Waals surface area (Å²) in [5.74, 6) is -0.111. The molecule has 1 aliphatic rings. The van der Waals surface area contributed by atoms with E-state index in [4.69, 9.17) is 29.9 Å². The molecule has 2 aromatic heterocycles. The molecule has 7 N–H and O–H groups in total. The number of nitrogens with zero attached hydrogens (tertiary/aromatic N) is 5. The van der Waals surface area contributed by atoms with E-state index in [1.54, 1.807) is 43.8 Å². The van der Waals surface area contributed by atoms with Gasteiger partial charge in [0.15, 0.2) is 29.8 Å². The van der Waals surface area contributed by atoms with Gasteiger partial charge >= 0.3 is 0 Å². The van der Waals surface area contributed by atoms with Gasteiger partial charge in [0.2, 0.25) is 5.95 Å². The fourth-order valence-corrected chi connectivity index (χ4v) is 4.64. The zero-order valence-corrected chi connectivity index (χ0v) is 23.8. The summed E-state index contributed by atoms with van der Waals surface area (Å²) in [6, 6.07) is 6.44. The van der Waals surface area contributed by atoms with Crippen molar-refractivity contribution >= 4 is 52.3 Å². The largest absolute Gasteiger partial charge is 0.490 e. The first kappa shape index (κ1) is 29.9. The Bertz CT molecular complexity index is 1370. The van der Waals surface area contributed by atoms with E-state index >= 15 is 0 Å². The number of thiazole rings is 1. The van der Waals surface area contributed by atoms with Crippen LogP contribution in [0.3, 0.4) is 0 Å². The molecule has 1 atom stereocenters. The number of aromatic nitrogens is 3. The lowest BCUT2D eigenvalue weighted by Crippen LogP contribution is -2.76. The number of β-lactam (4-membered cyclic amide) rings is 1. The molecule has 3 aromatic rings. The highest BCUT2D eigenvalue weighted by Gasteiger charge is 2.57. The van der Waals surface area contributed by atoms with E-state index in [9.17, 15) is 9.59 Å². The van der Waals surface area contributed by atoms with Gasteiger partial charge < -0.3 is 36.2 Å². The number of hydroxylamine groups is 2. The van der Waals surface area contributed by atoms with Crippen LogP contribution in [-0.4, -0.2) is 80.0 Å². The van der Waals surface area contributed by atoms with Crippen molar-refractivity contribution in [2.24, 2.45) is 10.9 Å². The van der Waals surface area contributed by atoms with Gasteiger partial charge in [-0.2, -0.15) is 9.35 Å². The molecule has 2 amide bonds. The highest BCUT2D eigenvalue weighted by Crippen LogP contribution is 2.33. The van der Waals surface area contributed by atoms with E-state index < -0.39 is 23.4 Å². The molecule has 4 rings (SSSR count). The summed E-state index contributed by atoms with van der Waals surface area (Å²) in [6.45, 7) is 4.57. The molecule has 1 aliphatic heterocycles. The van der Waals surface area contributed by atoms with Crippen LogP contribution in [0.4, 0.5) is 11.1 Å². The van der Waals surface area contributed by atoms with Gasteiger partial charge in [0.05, 0.1) is 5.54 Å². The summed E-state index contributed by atoms with van der Waals surface area (Å²) in [7, 11) is 0. The molecule has 0 saturated carbocycles. The fourth-order valence-electron chi connectivity index (χ4n) is 3.76. The third kappa shape index (κ3) is 7.19. The molecule has 0 aliphatic carbocycles. The van der Waals surface area contributed by atoms with Crippen molar-refractivity contribution in [3.8, 4) is 16.9 Å². The van der Waals surface area contributed by atoms with Gasteiger partial charge in [-0.3, -0.25) is 9.59 Å². The van der Waals surface area contributed by atoms with Crippen molar-refractivity contribution in [2.75, 3.05) is 37.4 Å². The van der Waals surface area contributed by atoms with E-state index in [1.165, 1.54) is 0 Å². The number of nitrogens with one attached hydrogen (secondary N) is 2. The molecule has 0 spiro atoms. The number of hydrogen-bond acceptors (Lipinski definition) is 15. The second-order valence-corrected chi connectivity index (χ2v) is 10.3. The Kier molecular flexibility index (Phi) is 9.90. The van der Waals surface area contributed by atoms with Gasteiger partial charge in [0, 0.05) is 36.4 Å². The molecular formula is C24H29N9O6S2. The highest BCUT2D eigenvalue weighted by atomic mass is 32.2. The molecule has 0 radical (unpaired) electrons. The average molecular weight is 604 g/mol. The summed E-state index contributed by atoms with van der Waals surface area (Å²) in [5, 5.41) is 12.3. The van der Waals surface area contributed by atoms with E-state index in [1.807, 2.05) is 12.1 Å².